The molecule has 1 aromatic rings. The van der Waals surface area contributed by atoms with E-state index in [0.717, 1.165) is 12.3 Å². The molecule has 7 N–H and O–H groups in total. The van der Waals surface area contributed by atoms with E-state index >= 15 is 0 Å². The lowest BCUT2D eigenvalue weighted by Crippen LogP contribution is -2.52. The maximum atomic E-state index is 12.0. The second kappa shape index (κ2) is 10.5. The van der Waals surface area contributed by atoms with Gasteiger partial charge in [-0.15, -0.1) is 0 Å². The first-order valence-corrected chi connectivity index (χ1v) is 12.8. The standard InChI is InChI=1S/C10H16N5O16P3/c11-14-12-4-27-10(19)5(3-28-33(23,24)31-34(25,26)30-32(20,21)22)29-8(7(10)17)15-2-1-6(16)13-9(15)18/h1-2,5,7-8,17,19H,3-4H2,(H,23,24)(H,25,26)(H,13,16,18)(H2,20,21,22)/t5-,7+,8-,10+/m1/s1. The lowest BCUT2D eigenvalue weighted by atomic mass is 10.1. The minimum absolute atomic E-state index is 0.582. The molecule has 1 saturated heterocycles. The molecule has 1 aliphatic heterocycles. The van der Waals surface area contributed by atoms with Crippen LogP contribution in [0.3, 0.4) is 0 Å². The summed E-state index contributed by atoms with van der Waals surface area (Å²) in [5.41, 5.74) is 6.39. The highest BCUT2D eigenvalue weighted by molar-refractivity contribution is 7.66. The first kappa shape index (κ1) is 28.5. The summed E-state index contributed by atoms with van der Waals surface area (Å²) in [6, 6.07) is 0.844. The molecule has 2 unspecified atom stereocenters. The van der Waals surface area contributed by atoms with Crippen molar-refractivity contribution in [2.45, 2.75) is 24.2 Å². The van der Waals surface area contributed by atoms with Gasteiger partial charge in [-0.3, -0.25) is 18.9 Å². The van der Waals surface area contributed by atoms with E-state index < -0.39 is 72.3 Å². The predicted octanol–water partition coefficient (Wildman–Crippen LogP) is -1.89. The molecule has 21 nitrogen and oxygen atoms in total. The van der Waals surface area contributed by atoms with Gasteiger partial charge in [0.25, 0.3) is 5.56 Å². The summed E-state index contributed by atoms with van der Waals surface area (Å²) in [5, 5.41) is 24.1. The molecule has 192 valence electrons. The summed E-state index contributed by atoms with van der Waals surface area (Å²) < 4.78 is 56.0. The third-order valence-electron chi connectivity index (χ3n) is 3.81. The number of ether oxygens (including phenoxy) is 2. The molecule has 0 aromatic carbocycles. The van der Waals surface area contributed by atoms with E-state index in [4.69, 9.17) is 29.7 Å². The van der Waals surface area contributed by atoms with Crippen LogP contribution in [0.4, 0.5) is 0 Å². The van der Waals surface area contributed by atoms with Gasteiger partial charge in [0.2, 0.25) is 5.79 Å². The van der Waals surface area contributed by atoms with Gasteiger partial charge in [-0.2, -0.15) is 8.62 Å². The molecule has 0 bridgehead atoms. The average Bonchev–Trinajstić information content (AvgIpc) is 2.89. The van der Waals surface area contributed by atoms with Crippen molar-refractivity contribution >= 4 is 23.5 Å². The van der Waals surface area contributed by atoms with Crippen molar-refractivity contribution in [3.63, 3.8) is 0 Å². The van der Waals surface area contributed by atoms with Crippen LogP contribution in [0.1, 0.15) is 6.23 Å². The molecule has 1 fully saturated rings. The predicted molar refractivity (Wildman–Crippen MR) is 101 cm³/mol. The second-order valence-corrected chi connectivity index (χ2v) is 10.5. The Kier molecular flexibility index (Phi) is 8.77. The van der Waals surface area contributed by atoms with Crippen LogP contribution >= 0.6 is 23.5 Å². The Morgan fingerprint density at radius 1 is 1.21 bits per heavy atom. The molecule has 1 aliphatic rings. The zero-order chi connectivity index (χ0) is 25.9. The van der Waals surface area contributed by atoms with Gasteiger partial charge < -0.3 is 39.3 Å². The summed E-state index contributed by atoms with van der Waals surface area (Å²) in [6.07, 6.45) is -5.17. The first-order valence-electron chi connectivity index (χ1n) is 8.30. The van der Waals surface area contributed by atoms with Crippen LogP contribution < -0.4 is 11.2 Å². The molecule has 1 aromatic heterocycles. The van der Waals surface area contributed by atoms with E-state index in [1.54, 1.807) is 0 Å². The Hall–Kier alpha value is -1.76. The molecule has 0 amide bonds. The van der Waals surface area contributed by atoms with Gasteiger partial charge in [0.1, 0.15) is 12.8 Å². The molecule has 6 atom stereocenters. The summed E-state index contributed by atoms with van der Waals surface area (Å²) in [5.74, 6) is -2.92. The first-order chi connectivity index (χ1) is 15.5. The van der Waals surface area contributed by atoms with Crippen molar-refractivity contribution < 1.29 is 66.1 Å². The smallest absolute Gasteiger partial charge is 0.383 e. The Bertz CT molecular complexity index is 1200. The zero-order valence-corrected chi connectivity index (χ0v) is 18.9. The lowest BCUT2D eigenvalue weighted by molar-refractivity contribution is -0.264. The topological polar surface area (TPSA) is 322 Å². The third kappa shape index (κ3) is 7.37. The Balaban J connectivity index is 2.27. The number of azide groups is 1. The largest absolute Gasteiger partial charge is 0.490 e. The van der Waals surface area contributed by atoms with E-state index in [1.807, 2.05) is 4.98 Å². The fraction of sp³-hybridized carbons (Fsp3) is 0.600. The Morgan fingerprint density at radius 3 is 2.41 bits per heavy atom. The number of nitrogens with zero attached hydrogens (tertiary/aromatic N) is 4. The van der Waals surface area contributed by atoms with Crippen molar-refractivity contribution in [1.82, 2.24) is 9.55 Å². The van der Waals surface area contributed by atoms with E-state index in [-0.39, 0.29) is 0 Å². The number of nitrogens with one attached hydrogen (secondary N) is 1. The van der Waals surface area contributed by atoms with Crippen LogP contribution in [0.15, 0.2) is 27.0 Å². The van der Waals surface area contributed by atoms with Crippen LogP contribution in [0.2, 0.25) is 0 Å². The average molecular weight is 555 g/mol. The monoisotopic (exact) mass is 555 g/mol. The molecular formula is C10H16N5O16P3. The van der Waals surface area contributed by atoms with Gasteiger partial charge in [0.05, 0.1) is 6.61 Å². The van der Waals surface area contributed by atoms with E-state index in [9.17, 15) is 38.4 Å². The Labute approximate surface area is 186 Å². The summed E-state index contributed by atoms with van der Waals surface area (Å²) >= 11 is 0. The highest BCUT2D eigenvalue weighted by Gasteiger charge is 2.58. The maximum Gasteiger partial charge on any atom is 0.490 e. The number of rotatable bonds is 11. The quantitative estimate of drug-likeness (QED) is 0.0516. The zero-order valence-electron chi connectivity index (χ0n) is 16.2. The molecule has 0 radical (unpaired) electrons. The SMILES string of the molecule is [N-]=[N+]=NCO[C@@]1(O)[C@@H](COP(=O)(O)OP(=O)(O)OP(=O)(O)O)O[C@@H](n2ccc(=O)[nH]c2=O)[C@@H]1O. The molecule has 34 heavy (non-hydrogen) atoms. The number of aliphatic hydroxyl groups excluding tert-OH is 1. The molecule has 0 spiro atoms. The van der Waals surface area contributed by atoms with Gasteiger partial charge in [0.15, 0.2) is 12.3 Å². The van der Waals surface area contributed by atoms with Gasteiger partial charge in [-0.1, -0.05) is 5.11 Å². The summed E-state index contributed by atoms with van der Waals surface area (Å²) in [4.78, 5) is 63.1. The van der Waals surface area contributed by atoms with E-state index in [1.165, 1.54) is 0 Å². The van der Waals surface area contributed by atoms with E-state index in [2.05, 4.69) is 23.2 Å². The van der Waals surface area contributed by atoms with Crippen molar-refractivity contribution in [3.05, 3.63) is 43.5 Å². The van der Waals surface area contributed by atoms with Crippen LogP contribution in [0, 0.1) is 0 Å². The number of aromatic nitrogens is 2. The number of aromatic amines is 1. The van der Waals surface area contributed by atoms with Gasteiger partial charge in [-0.05, 0) is 5.53 Å². The number of hydrogen-bond acceptors (Lipinski definition) is 13. The van der Waals surface area contributed by atoms with Crippen LogP contribution in [0.5, 0.6) is 0 Å². The molecule has 2 heterocycles. The van der Waals surface area contributed by atoms with Gasteiger partial charge in [0, 0.05) is 17.2 Å². The molecule has 0 saturated carbocycles. The molecule has 0 aliphatic carbocycles. The molecular weight excluding hydrogens is 539 g/mol. The van der Waals surface area contributed by atoms with Crippen molar-refractivity contribution in [2.24, 2.45) is 5.11 Å². The lowest BCUT2D eigenvalue weighted by Gasteiger charge is -2.30. The maximum absolute atomic E-state index is 12.0. The number of phosphoric ester groups is 1. The summed E-state index contributed by atoms with van der Waals surface area (Å²) in [7, 11) is -17.2. The van der Waals surface area contributed by atoms with Crippen LogP contribution in [0.25, 0.3) is 10.4 Å². The van der Waals surface area contributed by atoms with Crippen LogP contribution in [-0.4, -0.2) is 70.7 Å². The fourth-order valence-corrected chi connectivity index (χ4v) is 5.56. The number of phosphoric acid groups is 3. The minimum atomic E-state index is -5.85. The number of hydrogen-bond donors (Lipinski definition) is 7. The highest BCUT2D eigenvalue weighted by Crippen LogP contribution is 2.66. The normalized spacial score (nSPS) is 28.6. The van der Waals surface area contributed by atoms with E-state index in [0.29, 0.717) is 4.57 Å². The Morgan fingerprint density at radius 2 is 1.85 bits per heavy atom. The molecule has 2 rings (SSSR count). The van der Waals surface area contributed by atoms with Crippen molar-refractivity contribution in [2.75, 3.05) is 13.3 Å². The van der Waals surface area contributed by atoms with Crippen molar-refractivity contribution in [1.29, 1.82) is 0 Å². The van der Waals surface area contributed by atoms with Gasteiger partial charge in [-0.25, -0.2) is 18.5 Å². The van der Waals surface area contributed by atoms with Crippen molar-refractivity contribution in [3.8, 4) is 0 Å². The molecule has 24 heteroatoms. The summed E-state index contributed by atoms with van der Waals surface area (Å²) in [6.45, 7) is -2.24. The van der Waals surface area contributed by atoms with Gasteiger partial charge >= 0.3 is 29.2 Å². The third-order valence-corrected chi connectivity index (χ3v) is 7.61. The fourth-order valence-electron chi connectivity index (χ4n) is 2.54. The number of H-pyrrole nitrogens is 1. The minimum Gasteiger partial charge on any atom is -0.383 e. The second-order valence-electron chi connectivity index (χ2n) is 6.12. The van der Waals surface area contributed by atoms with Crippen LogP contribution in [-0.2, 0) is 36.3 Å². The highest BCUT2D eigenvalue weighted by atomic mass is 31.3. The number of aliphatic hydroxyl groups is 2.